The number of carbonyl (C=O) groups excluding carboxylic acids is 1. The average molecular weight is 337 g/mol. The van der Waals surface area contributed by atoms with E-state index in [2.05, 4.69) is 15.5 Å². The van der Waals surface area contributed by atoms with Gasteiger partial charge in [-0.15, -0.1) is 10.2 Å². The molecule has 2 unspecified atom stereocenters. The Bertz CT molecular complexity index is 605. The van der Waals surface area contributed by atoms with E-state index in [0.29, 0.717) is 0 Å². The van der Waals surface area contributed by atoms with E-state index in [1.54, 1.807) is 12.6 Å². The molecule has 2 rings (SSSR count). The standard InChI is InChI=1S/C15H19N3O2S2/c1-4-12(11-7-5-6-8-13(11)20-3)17-14(19)10(2)22-15-18-16-9-21-15/h5-10,12H,4H2,1-3H3,(H,17,19). The molecule has 1 amide bonds. The molecule has 22 heavy (non-hydrogen) atoms. The highest BCUT2D eigenvalue weighted by molar-refractivity contribution is 8.02. The number of methoxy groups -OCH3 is 1. The molecule has 5 nitrogen and oxygen atoms in total. The zero-order valence-corrected chi connectivity index (χ0v) is 14.4. The number of hydrogen-bond donors (Lipinski definition) is 1. The van der Waals surface area contributed by atoms with E-state index in [1.165, 1.54) is 23.1 Å². The maximum Gasteiger partial charge on any atom is 0.233 e. The fourth-order valence-corrected chi connectivity index (χ4v) is 3.70. The third-order valence-electron chi connectivity index (χ3n) is 3.23. The van der Waals surface area contributed by atoms with E-state index in [1.807, 2.05) is 38.1 Å². The van der Waals surface area contributed by atoms with Crippen LogP contribution in [-0.4, -0.2) is 28.5 Å². The largest absolute Gasteiger partial charge is 0.496 e. The molecule has 0 spiro atoms. The highest BCUT2D eigenvalue weighted by Crippen LogP contribution is 2.28. The van der Waals surface area contributed by atoms with Crippen molar-refractivity contribution in [3.63, 3.8) is 0 Å². The molecule has 1 aromatic carbocycles. The van der Waals surface area contributed by atoms with Crippen molar-refractivity contribution in [2.24, 2.45) is 0 Å². The number of nitrogens with zero attached hydrogens (tertiary/aromatic N) is 2. The Morgan fingerprint density at radius 3 is 2.86 bits per heavy atom. The molecule has 0 bridgehead atoms. The van der Waals surface area contributed by atoms with E-state index < -0.39 is 0 Å². The van der Waals surface area contributed by atoms with Gasteiger partial charge in [-0.3, -0.25) is 4.79 Å². The summed E-state index contributed by atoms with van der Waals surface area (Å²) in [6, 6.07) is 7.69. The number of hydrogen-bond acceptors (Lipinski definition) is 6. The van der Waals surface area contributed by atoms with Gasteiger partial charge in [-0.05, 0) is 19.4 Å². The first-order valence-corrected chi connectivity index (χ1v) is 8.77. The molecule has 0 saturated carbocycles. The molecule has 2 atom stereocenters. The predicted molar refractivity (Wildman–Crippen MR) is 89.4 cm³/mol. The first-order valence-electron chi connectivity index (χ1n) is 7.01. The van der Waals surface area contributed by atoms with Crippen molar-refractivity contribution in [1.29, 1.82) is 0 Å². The van der Waals surface area contributed by atoms with Crippen molar-refractivity contribution in [3.8, 4) is 5.75 Å². The van der Waals surface area contributed by atoms with Crippen molar-refractivity contribution in [2.45, 2.75) is 35.9 Å². The van der Waals surface area contributed by atoms with Crippen LogP contribution in [0.5, 0.6) is 5.75 Å². The molecule has 0 saturated heterocycles. The van der Waals surface area contributed by atoms with Crippen LogP contribution in [0.3, 0.4) is 0 Å². The van der Waals surface area contributed by atoms with Gasteiger partial charge >= 0.3 is 0 Å². The Morgan fingerprint density at radius 1 is 1.45 bits per heavy atom. The number of aromatic nitrogens is 2. The molecule has 7 heteroatoms. The van der Waals surface area contributed by atoms with Gasteiger partial charge in [0.15, 0.2) is 4.34 Å². The summed E-state index contributed by atoms with van der Waals surface area (Å²) in [7, 11) is 1.64. The summed E-state index contributed by atoms with van der Waals surface area (Å²) in [6.07, 6.45) is 0.794. The van der Waals surface area contributed by atoms with Crippen LogP contribution in [0.1, 0.15) is 31.9 Å². The van der Waals surface area contributed by atoms with E-state index in [9.17, 15) is 4.79 Å². The zero-order chi connectivity index (χ0) is 15.9. The number of thioether (sulfide) groups is 1. The SMILES string of the molecule is CCC(NC(=O)C(C)Sc1nncs1)c1ccccc1OC. The summed E-state index contributed by atoms with van der Waals surface area (Å²) < 4.78 is 6.18. The average Bonchev–Trinajstić information content (AvgIpc) is 3.05. The van der Waals surface area contributed by atoms with Crippen molar-refractivity contribution in [1.82, 2.24) is 15.5 Å². The van der Waals surface area contributed by atoms with Crippen LogP contribution in [0.4, 0.5) is 0 Å². The van der Waals surface area contributed by atoms with Crippen molar-refractivity contribution in [3.05, 3.63) is 35.3 Å². The normalized spacial score (nSPS) is 13.4. The maximum absolute atomic E-state index is 12.4. The second-order valence-corrected chi connectivity index (χ2v) is 7.10. The molecule has 1 heterocycles. The Morgan fingerprint density at radius 2 is 2.23 bits per heavy atom. The third-order valence-corrected chi connectivity index (χ3v) is 5.14. The van der Waals surface area contributed by atoms with E-state index in [4.69, 9.17) is 4.74 Å². The molecule has 2 aromatic rings. The summed E-state index contributed by atoms with van der Waals surface area (Å²) in [4.78, 5) is 12.4. The van der Waals surface area contributed by atoms with Crippen LogP contribution in [0.2, 0.25) is 0 Å². The van der Waals surface area contributed by atoms with Gasteiger partial charge in [0.05, 0.1) is 18.4 Å². The van der Waals surface area contributed by atoms with E-state index in [0.717, 1.165) is 22.1 Å². The Balaban J connectivity index is 2.04. The van der Waals surface area contributed by atoms with Gasteiger partial charge in [0.1, 0.15) is 11.3 Å². The second kappa shape index (κ2) is 8.14. The van der Waals surface area contributed by atoms with Crippen LogP contribution in [0.25, 0.3) is 0 Å². The van der Waals surface area contributed by atoms with Crippen LogP contribution in [0, 0.1) is 0 Å². The quantitative estimate of drug-likeness (QED) is 0.786. The van der Waals surface area contributed by atoms with Gasteiger partial charge in [-0.25, -0.2) is 0 Å². The van der Waals surface area contributed by atoms with Gasteiger partial charge in [0.25, 0.3) is 0 Å². The maximum atomic E-state index is 12.4. The van der Waals surface area contributed by atoms with Crippen molar-refractivity contribution < 1.29 is 9.53 Å². The van der Waals surface area contributed by atoms with Gasteiger partial charge < -0.3 is 10.1 Å². The number of ether oxygens (including phenoxy) is 1. The number of amides is 1. The predicted octanol–water partition coefficient (Wildman–Crippen LogP) is 3.29. The highest BCUT2D eigenvalue weighted by atomic mass is 32.2. The molecule has 0 aliphatic rings. The van der Waals surface area contributed by atoms with Gasteiger partial charge in [0, 0.05) is 5.56 Å². The van der Waals surface area contributed by atoms with Gasteiger partial charge in [-0.2, -0.15) is 0 Å². The first-order chi connectivity index (χ1) is 10.7. The fraction of sp³-hybridized carbons (Fsp3) is 0.400. The Labute approximate surface area is 138 Å². The topological polar surface area (TPSA) is 64.1 Å². The Kier molecular flexibility index (Phi) is 6.21. The minimum Gasteiger partial charge on any atom is -0.496 e. The summed E-state index contributed by atoms with van der Waals surface area (Å²) in [5.41, 5.74) is 2.66. The van der Waals surface area contributed by atoms with Crippen molar-refractivity contribution >= 4 is 29.0 Å². The van der Waals surface area contributed by atoms with Crippen LogP contribution < -0.4 is 10.1 Å². The molecular formula is C15H19N3O2S2. The van der Waals surface area contributed by atoms with Gasteiger partial charge in [-0.1, -0.05) is 48.2 Å². The third kappa shape index (κ3) is 4.20. The molecule has 118 valence electrons. The van der Waals surface area contributed by atoms with Crippen molar-refractivity contribution in [2.75, 3.05) is 7.11 Å². The summed E-state index contributed by atoms with van der Waals surface area (Å²) in [6.45, 7) is 3.91. The minimum atomic E-state index is -0.225. The number of nitrogens with one attached hydrogen (secondary N) is 1. The summed E-state index contributed by atoms with van der Waals surface area (Å²) in [5, 5.41) is 10.6. The summed E-state index contributed by atoms with van der Waals surface area (Å²) >= 11 is 2.85. The minimum absolute atomic E-state index is 0.0158. The monoisotopic (exact) mass is 337 g/mol. The molecule has 1 N–H and O–H groups in total. The van der Waals surface area contributed by atoms with E-state index in [-0.39, 0.29) is 17.2 Å². The number of para-hydroxylation sites is 1. The lowest BCUT2D eigenvalue weighted by molar-refractivity contribution is -0.121. The van der Waals surface area contributed by atoms with E-state index >= 15 is 0 Å². The lowest BCUT2D eigenvalue weighted by atomic mass is 10.0. The van der Waals surface area contributed by atoms with Crippen LogP contribution in [-0.2, 0) is 4.79 Å². The van der Waals surface area contributed by atoms with Gasteiger partial charge in [0.2, 0.25) is 5.91 Å². The fourth-order valence-electron chi connectivity index (χ4n) is 2.06. The molecule has 0 fully saturated rings. The van der Waals surface area contributed by atoms with Crippen LogP contribution >= 0.6 is 23.1 Å². The Hall–Kier alpha value is -1.60. The number of rotatable bonds is 7. The number of carbonyl (C=O) groups is 1. The number of benzene rings is 1. The molecule has 0 aliphatic carbocycles. The lowest BCUT2D eigenvalue weighted by Gasteiger charge is -2.21. The van der Waals surface area contributed by atoms with Crippen LogP contribution in [0.15, 0.2) is 34.1 Å². The molecule has 1 aromatic heterocycles. The zero-order valence-electron chi connectivity index (χ0n) is 12.8. The first kappa shape index (κ1) is 16.8. The highest BCUT2D eigenvalue weighted by Gasteiger charge is 2.21. The molecule has 0 radical (unpaired) electrons. The molecular weight excluding hydrogens is 318 g/mol. The molecule has 0 aliphatic heterocycles. The lowest BCUT2D eigenvalue weighted by Crippen LogP contribution is -2.34. The smallest absolute Gasteiger partial charge is 0.233 e. The second-order valence-electron chi connectivity index (χ2n) is 4.68. The summed E-state index contributed by atoms with van der Waals surface area (Å²) in [5.74, 6) is 0.775.